The number of hydrogen-bond acceptors (Lipinski definition) is 3. The van der Waals surface area contributed by atoms with E-state index in [2.05, 4.69) is 102 Å². The van der Waals surface area contributed by atoms with Crippen molar-refractivity contribution in [3.05, 3.63) is 82.8 Å². The van der Waals surface area contributed by atoms with Gasteiger partial charge in [-0.15, -0.1) is 0 Å². The molecule has 6 rings (SSSR count). The third kappa shape index (κ3) is 6.02. The van der Waals surface area contributed by atoms with Crippen molar-refractivity contribution >= 4 is 66.6 Å². The lowest BCUT2D eigenvalue weighted by molar-refractivity contribution is -0.641. The predicted molar refractivity (Wildman–Crippen MR) is 172 cm³/mol. The molecule has 0 radical (unpaired) electrons. The Hall–Kier alpha value is -2.82. The quantitative estimate of drug-likeness (QED) is 0.199. The fourth-order valence-corrected chi connectivity index (χ4v) is 6.55. The molecular weight excluding hydrogens is 489 g/mol. The van der Waals surface area contributed by atoms with E-state index in [1.165, 1.54) is 52.4 Å². The van der Waals surface area contributed by atoms with Gasteiger partial charge in [0.1, 0.15) is 11.7 Å². The summed E-state index contributed by atoms with van der Waals surface area (Å²) < 4.78 is 3.66. The van der Waals surface area contributed by atoms with Crippen molar-refractivity contribution in [1.82, 2.24) is 0 Å². The summed E-state index contributed by atoms with van der Waals surface area (Å²) in [6, 6.07) is 26.2. The van der Waals surface area contributed by atoms with Crippen LogP contribution in [0.2, 0.25) is 0 Å². The van der Waals surface area contributed by atoms with Crippen molar-refractivity contribution < 1.29 is 4.57 Å². The van der Waals surface area contributed by atoms with Gasteiger partial charge in [-0.1, -0.05) is 133 Å². The summed E-state index contributed by atoms with van der Waals surface area (Å²) in [5.74, 6) is 0. The zero-order valence-electron chi connectivity index (χ0n) is 24.2. The second kappa shape index (κ2) is 14.8. The average Bonchev–Trinajstić information content (AvgIpc) is 3.49. The van der Waals surface area contributed by atoms with Gasteiger partial charge in [0.05, 0.1) is 22.2 Å². The molecule has 0 atom stereocenters. The summed E-state index contributed by atoms with van der Waals surface area (Å²) >= 11 is 3.71. The molecule has 0 fully saturated rings. The number of nitrogens with zero attached hydrogens (tertiary/aromatic N) is 2. The van der Waals surface area contributed by atoms with E-state index < -0.39 is 0 Å². The molecule has 1 aromatic heterocycles. The normalized spacial score (nSPS) is 12.5. The molecule has 4 heteroatoms. The van der Waals surface area contributed by atoms with Crippen LogP contribution in [0.15, 0.2) is 82.7 Å². The summed E-state index contributed by atoms with van der Waals surface area (Å²) in [6.07, 6.45) is 2.33. The first-order valence-corrected chi connectivity index (χ1v) is 15.3. The van der Waals surface area contributed by atoms with Crippen LogP contribution in [-0.4, -0.2) is 7.05 Å². The second-order valence-corrected chi connectivity index (χ2v) is 9.53. The number of hydrogen-bond donors (Lipinski definition) is 0. The van der Waals surface area contributed by atoms with E-state index in [1.54, 1.807) is 0 Å². The number of thioether (sulfide) groups is 1. The van der Waals surface area contributed by atoms with Crippen LogP contribution >= 0.6 is 23.1 Å². The van der Waals surface area contributed by atoms with Crippen LogP contribution in [0.25, 0.3) is 37.8 Å². The van der Waals surface area contributed by atoms with Gasteiger partial charge in [-0.2, -0.15) is 4.57 Å². The van der Waals surface area contributed by atoms with Crippen molar-refractivity contribution in [1.29, 1.82) is 0 Å². The van der Waals surface area contributed by atoms with E-state index in [0.717, 1.165) is 0 Å². The highest BCUT2D eigenvalue weighted by atomic mass is 32.2. The van der Waals surface area contributed by atoms with Crippen LogP contribution in [0.5, 0.6) is 0 Å². The molecule has 37 heavy (non-hydrogen) atoms. The van der Waals surface area contributed by atoms with Gasteiger partial charge in [0, 0.05) is 17.3 Å². The minimum atomic E-state index is 1.27. The van der Waals surface area contributed by atoms with Crippen LogP contribution in [0.4, 0.5) is 5.69 Å². The number of aryl methyl sites for hydroxylation is 1. The topological polar surface area (TPSA) is 7.12 Å². The first-order chi connectivity index (χ1) is 18.2. The summed E-state index contributed by atoms with van der Waals surface area (Å²) in [7, 11) is 4.36. The maximum absolute atomic E-state index is 2.34. The monoisotopic (exact) mass is 531 g/mol. The Morgan fingerprint density at radius 1 is 0.676 bits per heavy atom. The minimum Gasteiger partial charge on any atom is -0.337 e. The SMILES string of the molecule is CC.CC.CC.CC.CN1C(=Cc2sc3ccc4ccccc4c3[n+]2C)Sc2ccc3ccccc3c21. The Bertz CT molecular complexity index is 1460. The molecular formula is C33H43N2S2+. The largest absolute Gasteiger partial charge is 0.337 e. The Kier molecular flexibility index (Phi) is 12.2. The predicted octanol–water partition coefficient (Wildman–Crippen LogP) is 10.7. The number of rotatable bonds is 1. The number of anilines is 1. The number of benzene rings is 4. The third-order valence-electron chi connectivity index (χ3n) is 5.74. The van der Waals surface area contributed by atoms with Gasteiger partial charge in [-0.05, 0) is 29.0 Å². The number of thiazole rings is 1. The lowest BCUT2D eigenvalue weighted by atomic mass is 10.1. The van der Waals surface area contributed by atoms with Crippen molar-refractivity contribution in [3.63, 3.8) is 0 Å². The lowest BCUT2D eigenvalue weighted by Crippen LogP contribution is -2.29. The smallest absolute Gasteiger partial charge is 0.265 e. The summed E-state index contributed by atoms with van der Waals surface area (Å²) in [5, 5.41) is 7.74. The fourth-order valence-electron chi connectivity index (χ4n) is 4.27. The van der Waals surface area contributed by atoms with Gasteiger partial charge in [0.15, 0.2) is 0 Å². The van der Waals surface area contributed by atoms with Crippen molar-refractivity contribution in [2.75, 3.05) is 11.9 Å². The Balaban J connectivity index is 0.000000553. The molecule has 0 N–H and O–H groups in total. The van der Waals surface area contributed by atoms with Gasteiger partial charge in [-0.3, -0.25) is 0 Å². The maximum Gasteiger partial charge on any atom is 0.265 e. The van der Waals surface area contributed by atoms with E-state index in [-0.39, 0.29) is 0 Å². The van der Waals surface area contributed by atoms with Crippen LogP contribution < -0.4 is 9.47 Å². The summed E-state index contributed by atoms with van der Waals surface area (Å²) in [4.78, 5) is 3.66. The first kappa shape index (κ1) is 30.4. The molecule has 0 amide bonds. The van der Waals surface area contributed by atoms with Gasteiger partial charge >= 0.3 is 0 Å². The molecule has 0 aliphatic carbocycles. The van der Waals surface area contributed by atoms with Crippen molar-refractivity contribution in [3.8, 4) is 0 Å². The maximum atomic E-state index is 2.34. The Labute approximate surface area is 232 Å². The van der Waals surface area contributed by atoms with Gasteiger partial charge in [0.25, 0.3) is 5.01 Å². The van der Waals surface area contributed by atoms with E-state index in [9.17, 15) is 0 Å². The second-order valence-electron chi connectivity index (χ2n) is 7.41. The van der Waals surface area contributed by atoms with Crippen LogP contribution in [-0.2, 0) is 7.05 Å². The Morgan fingerprint density at radius 3 is 1.86 bits per heavy atom. The first-order valence-electron chi connectivity index (χ1n) is 13.7. The zero-order valence-corrected chi connectivity index (χ0v) is 25.8. The summed E-state index contributed by atoms with van der Waals surface area (Å²) in [6.45, 7) is 16.0. The van der Waals surface area contributed by atoms with Gasteiger partial charge in [-0.25, -0.2) is 0 Å². The lowest BCUT2D eigenvalue weighted by Gasteiger charge is -2.15. The van der Waals surface area contributed by atoms with Gasteiger partial charge in [0.2, 0.25) is 5.52 Å². The van der Waals surface area contributed by atoms with Crippen LogP contribution in [0, 0.1) is 0 Å². The molecule has 0 bridgehead atoms. The molecule has 0 saturated carbocycles. The van der Waals surface area contributed by atoms with E-state index >= 15 is 0 Å². The van der Waals surface area contributed by atoms with Crippen molar-refractivity contribution in [2.45, 2.75) is 60.3 Å². The fraction of sp³-hybridized carbons (Fsp3) is 0.303. The average molecular weight is 532 g/mol. The van der Waals surface area contributed by atoms with E-state index in [1.807, 2.05) is 78.5 Å². The highest BCUT2D eigenvalue weighted by molar-refractivity contribution is 8.04. The standard InChI is InChI=1S/C25H19N2S2.4C2H6/c1-26-22(28-20-13-11-16-7-3-5-9-18(16)24(20)26)15-23-27(2)25-19-10-6-4-8-17(19)12-14-21(25)29-23;4*1-2/h3-15H,1-2H3;4*1-2H3/q+1;;;;. The number of aromatic nitrogens is 1. The van der Waals surface area contributed by atoms with E-state index in [0.29, 0.717) is 0 Å². The Morgan fingerprint density at radius 2 is 1.22 bits per heavy atom. The highest BCUT2D eigenvalue weighted by Crippen LogP contribution is 2.49. The molecule has 4 aromatic carbocycles. The van der Waals surface area contributed by atoms with Gasteiger partial charge < -0.3 is 4.90 Å². The molecule has 1 aliphatic heterocycles. The van der Waals surface area contributed by atoms with Crippen LogP contribution in [0.3, 0.4) is 0 Å². The van der Waals surface area contributed by atoms with Crippen molar-refractivity contribution in [2.24, 2.45) is 7.05 Å². The van der Waals surface area contributed by atoms with E-state index in [4.69, 9.17) is 0 Å². The molecule has 196 valence electrons. The molecule has 0 spiro atoms. The zero-order chi connectivity index (χ0) is 27.5. The minimum absolute atomic E-state index is 1.27. The third-order valence-corrected chi connectivity index (χ3v) is 8.04. The molecule has 2 heterocycles. The van der Waals surface area contributed by atoms with Crippen LogP contribution in [0.1, 0.15) is 60.4 Å². The summed E-state index contributed by atoms with van der Waals surface area (Å²) in [5.41, 5.74) is 2.63. The highest BCUT2D eigenvalue weighted by Gasteiger charge is 2.26. The number of fused-ring (bicyclic) bond motifs is 6. The molecule has 1 aliphatic rings. The molecule has 5 aromatic rings. The molecule has 0 unspecified atom stereocenters. The molecule has 0 saturated heterocycles. The molecule has 2 nitrogen and oxygen atoms in total.